The molecule has 3 rings (SSSR count). The number of nitrogens with zero attached hydrogens (tertiary/aromatic N) is 4. The first-order valence-electron chi connectivity index (χ1n) is 8.40. The molecule has 1 N–H and O–H groups in total. The molecule has 0 aliphatic rings. The summed E-state index contributed by atoms with van der Waals surface area (Å²) in [6, 6.07) is 13.2. The summed E-state index contributed by atoms with van der Waals surface area (Å²) < 4.78 is 7.12. The Labute approximate surface area is 152 Å². The Balaban J connectivity index is 1.61. The van der Waals surface area contributed by atoms with Crippen LogP contribution in [0.4, 0.5) is 5.69 Å². The number of carbonyl (C=O) groups is 1. The Morgan fingerprint density at radius 3 is 2.62 bits per heavy atom. The van der Waals surface area contributed by atoms with Gasteiger partial charge in [-0.15, -0.1) is 5.10 Å². The lowest BCUT2D eigenvalue weighted by Gasteiger charge is -2.16. The third kappa shape index (κ3) is 4.05. The number of amides is 1. The van der Waals surface area contributed by atoms with E-state index in [-0.39, 0.29) is 12.5 Å². The predicted molar refractivity (Wildman–Crippen MR) is 98.5 cm³/mol. The molecule has 7 heteroatoms. The molecule has 0 saturated heterocycles. The molecule has 0 atom stereocenters. The van der Waals surface area contributed by atoms with Crippen LogP contribution in [0, 0.1) is 6.92 Å². The van der Waals surface area contributed by atoms with Crippen molar-refractivity contribution in [2.24, 2.45) is 0 Å². The molecule has 2 aromatic carbocycles. The summed E-state index contributed by atoms with van der Waals surface area (Å²) in [5.41, 5.74) is 3.83. The molecule has 7 nitrogen and oxygen atoms in total. The molecule has 0 aliphatic carbocycles. The summed E-state index contributed by atoms with van der Waals surface area (Å²) in [5.74, 6) is 0.738. The zero-order valence-corrected chi connectivity index (χ0v) is 15.0. The number of anilines is 1. The molecular weight excluding hydrogens is 330 g/mol. The molecule has 1 amide bonds. The van der Waals surface area contributed by atoms with Gasteiger partial charge in [0.2, 0.25) is 0 Å². The molecule has 3 aromatic rings. The third-order valence-corrected chi connectivity index (χ3v) is 4.01. The number of nitrogens with one attached hydrogen (secondary N) is 1. The Kier molecular flexibility index (Phi) is 5.26. The number of aromatic nitrogens is 4. The van der Waals surface area contributed by atoms with Gasteiger partial charge in [-0.1, -0.05) is 32.0 Å². The molecule has 1 heterocycles. The molecule has 0 radical (unpaired) electrons. The van der Waals surface area contributed by atoms with Crippen molar-refractivity contribution < 1.29 is 9.53 Å². The second-order valence-electron chi connectivity index (χ2n) is 6.28. The van der Waals surface area contributed by atoms with E-state index < -0.39 is 0 Å². The first-order valence-corrected chi connectivity index (χ1v) is 8.40. The molecule has 26 heavy (non-hydrogen) atoms. The summed E-state index contributed by atoms with van der Waals surface area (Å²) in [4.78, 5) is 12.3. The van der Waals surface area contributed by atoms with Gasteiger partial charge in [0.15, 0.2) is 6.61 Å². The number of hydrogen-bond donors (Lipinski definition) is 1. The molecule has 0 saturated carbocycles. The van der Waals surface area contributed by atoms with Crippen molar-refractivity contribution in [1.82, 2.24) is 20.2 Å². The van der Waals surface area contributed by atoms with Crippen LogP contribution in [-0.2, 0) is 4.79 Å². The number of hydrogen-bond acceptors (Lipinski definition) is 5. The lowest BCUT2D eigenvalue weighted by molar-refractivity contribution is -0.118. The van der Waals surface area contributed by atoms with E-state index in [2.05, 4.69) is 34.7 Å². The van der Waals surface area contributed by atoms with Crippen LogP contribution in [0.5, 0.6) is 5.75 Å². The monoisotopic (exact) mass is 351 g/mol. The molecule has 0 unspecified atom stereocenters. The second kappa shape index (κ2) is 7.77. The summed E-state index contributed by atoms with van der Waals surface area (Å²) in [5, 5.41) is 14.0. The fourth-order valence-corrected chi connectivity index (χ4v) is 2.64. The SMILES string of the molecule is Cc1cccc(C(C)C)c1NC(=O)COc1ccc(-n2cnnn2)cc1. The highest BCUT2D eigenvalue weighted by Crippen LogP contribution is 2.27. The lowest BCUT2D eigenvalue weighted by atomic mass is 9.98. The minimum Gasteiger partial charge on any atom is -0.484 e. The molecule has 1 aromatic heterocycles. The van der Waals surface area contributed by atoms with Crippen LogP contribution < -0.4 is 10.1 Å². The van der Waals surface area contributed by atoms with Gasteiger partial charge in [-0.05, 0) is 58.7 Å². The molecule has 0 bridgehead atoms. The molecule has 0 fully saturated rings. The van der Waals surface area contributed by atoms with Crippen LogP contribution in [0.15, 0.2) is 48.8 Å². The smallest absolute Gasteiger partial charge is 0.262 e. The Morgan fingerprint density at radius 1 is 1.19 bits per heavy atom. The normalized spacial score (nSPS) is 10.8. The zero-order valence-electron chi connectivity index (χ0n) is 15.0. The fourth-order valence-electron chi connectivity index (χ4n) is 2.64. The van der Waals surface area contributed by atoms with Gasteiger partial charge in [-0.25, -0.2) is 4.68 Å². The first kappa shape index (κ1) is 17.6. The zero-order chi connectivity index (χ0) is 18.5. The van der Waals surface area contributed by atoms with Crippen molar-refractivity contribution in [3.63, 3.8) is 0 Å². The van der Waals surface area contributed by atoms with Gasteiger partial charge in [-0.2, -0.15) is 0 Å². The number of aryl methyl sites for hydroxylation is 1. The number of benzene rings is 2. The highest BCUT2D eigenvalue weighted by molar-refractivity contribution is 5.93. The van der Waals surface area contributed by atoms with E-state index >= 15 is 0 Å². The van der Waals surface area contributed by atoms with Crippen LogP contribution in [0.2, 0.25) is 0 Å². The van der Waals surface area contributed by atoms with Crippen molar-refractivity contribution in [1.29, 1.82) is 0 Å². The van der Waals surface area contributed by atoms with Crippen molar-refractivity contribution in [2.75, 3.05) is 11.9 Å². The van der Waals surface area contributed by atoms with Gasteiger partial charge in [0.1, 0.15) is 12.1 Å². The maximum absolute atomic E-state index is 12.3. The van der Waals surface area contributed by atoms with Crippen LogP contribution in [0.25, 0.3) is 5.69 Å². The highest BCUT2D eigenvalue weighted by atomic mass is 16.5. The van der Waals surface area contributed by atoms with E-state index in [0.717, 1.165) is 22.5 Å². The van der Waals surface area contributed by atoms with Crippen molar-refractivity contribution in [3.05, 3.63) is 59.9 Å². The van der Waals surface area contributed by atoms with Crippen molar-refractivity contribution in [2.45, 2.75) is 26.7 Å². The summed E-state index contributed by atoms with van der Waals surface area (Å²) in [6.45, 7) is 6.14. The number of carbonyl (C=O) groups excluding carboxylic acids is 1. The molecule has 134 valence electrons. The van der Waals surface area contributed by atoms with Crippen LogP contribution in [-0.4, -0.2) is 32.7 Å². The van der Waals surface area contributed by atoms with Crippen molar-refractivity contribution in [3.8, 4) is 11.4 Å². The minimum atomic E-state index is -0.189. The molecule has 0 spiro atoms. The highest BCUT2D eigenvalue weighted by Gasteiger charge is 2.12. The van der Waals surface area contributed by atoms with Crippen molar-refractivity contribution >= 4 is 11.6 Å². The maximum atomic E-state index is 12.3. The number of rotatable bonds is 6. The Hall–Kier alpha value is -3.22. The Bertz CT molecular complexity index is 873. The lowest BCUT2D eigenvalue weighted by Crippen LogP contribution is -2.21. The summed E-state index contributed by atoms with van der Waals surface area (Å²) >= 11 is 0. The number of para-hydroxylation sites is 1. The Morgan fingerprint density at radius 2 is 1.96 bits per heavy atom. The van der Waals surface area contributed by atoms with Crippen LogP contribution in [0.1, 0.15) is 30.9 Å². The van der Waals surface area contributed by atoms with Gasteiger partial charge in [-0.3, -0.25) is 4.79 Å². The van der Waals surface area contributed by atoms with Gasteiger partial charge in [0.05, 0.1) is 5.69 Å². The standard InChI is InChI=1S/C19H21N5O2/c1-13(2)17-6-4-5-14(3)19(17)21-18(25)11-26-16-9-7-15(8-10-16)24-12-20-22-23-24/h4-10,12-13H,11H2,1-3H3,(H,21,25). The summed E-state index contributed by atoms with van der Waals surface area (Å²) in [6.07, 6.45) is 1.51. The number of ether oxygens (including phenoxy) is 1. The quantitative estimate of drug-likeness (QED) is 0.738. The van der Waals surface area contributed by atoms with E-state index in [1.807, 2.05) is 37.3 Å². The second-order valence-corrected chi connectivity index (χ2v) is 6.28. The average Bonchev–Trinajstić information content (AvgIpc) is 3.16. The van der Waals surface area contributed by atoms with Gasteiger partial charge < -0.3 is 10.1 Å². The fraction of sp³-hybridized carbons (Fsp3) is 0.263. The van der Waals surface area contributed by atoms with Gasteiger partial charge in [0, 0.05) is 5.69 Å². The topological polar surface area (TPSA) is 81.9 Å². The van der Waals surface area contributed by atoms with Crippen LogP contribution >= 0.6 is 0 Å². The first-order chi connectivity index (χ1) is 12.5. The molecule has 0 aliphatic heterocycles. The van der Waals surface area contributed by atoms with E-state index in [1.165, 1.54) is 6.33 Å². The van der Waals surface area contributed by atoms with Gasteiger partial charge >= 0.3 is 0 Å². The predicted octanol–water partition coefficient (Wildman–Crippen LogP) is 3.11. The summed E-state index contributed by atoms with van der Waals surface area (Å²) in [7, 11) is 0. The average molecular weight is 351 g/mol. The largest absolute Gasteiger partial charge is 0.484 e. The third-order valence-electron chi connectivity index (χ3n) is 4.01. The van der Waals surface area contributed by atoms with Crippen LogP contribution in [0.3, 0.4) is 0 Å². The van der Waals surface area contributed by atoms with E-state index in [9.17, 15) is 4.79 Å². The van der Waals surface area contributed by atoms with E-state index in [0.29, 0.717) is 11.7 Å². The number of tetrazole rings is 1. The van der Waals surface area contributed by atoms with E-state index in [1.54, 1.807) is 16.8 Å². The minimum absolute atomic E-state index is 0.0594. The maximum Gasteiger partial charge on any atom is 0.262 e. The molecular formula is C19H21N5O2. The van der Waals surface area contributed by atoms with Gasteiger partial charge in [0.25, 0.3) is 5.91 Å². The van der Waals surface area contributed by atoms with E-state index in [4.69, 9.17) is 4.74 Å².